The summed E-state index contributed by atoms with van der Waals surface area (Å²) in [5.74, 6) is -1.63. The Bertz CT molecular complexity index is 583. The molecule has 0 spiro atoms. The number of aryl methyl sites for hydroxylation is 1. The van der Waals surface area contributed by atoms with E-state index in [2.05, 4.69) is 5.32 Å². The van der Waals surface area contributed by atoms with Crippen LogP contribution < -0.4 is 10.9 Å². The molecule has 0 saturated carbocycles. The van der Waals surface area contributed by atoms with Crippen molar-refractivity contribution < 1.29 is 24.3 Å². The van der Waals surface area contributed by atoms with E-state index in [1.54, 1.807) is 0 Å². The van der Waals surface area contributed by atoms with Crippen molar-refractivity contribution in [3.8, 4) is 0 Å². The van der Waals surface area contributed by atoms with Crippen LogP contribution in [-0.2, 0) is 29.0 Å². The smallest absolute Gasteiger partial charge is 0.328 e. The number of carboxylic acid groups (broad SMARTS) is 2. The molecule has 8 heteroatoms. The Kier molecular flexibility index (Phi) is 7.11. The van der Waals surface area contributed by atoms with E-state index in [9.17, 15) is 14.4 Å². The molecule has 0 bridgehead atoms. The van der Waals surface area contributed by atoms with Crippen LogP contribution in [0.3, 0.4) is 0 Å². The summed E-state index contributed by atoms with van der Waals surface area (Å²) >= 11 is 0. The lowest BCUT2D eigenvalue weighted by Gasteiger charge is -1.97. The van der Waals surface area contributed by atoms with Crippen molar-refractivity contribution in [1.29, 1.82) is 0 Å². The number of fused-ring (bicyclic) bond motifs is 1. The molecule has 0 aliphatic carbocycles. The summed E-state index contributed by atoms with van der Waals surface area (Å²) < 4.78 is 7.02. The van der Waals surface area contributed by atoms with Gasteiger partial charge in [-0.3, -0.25) is 4.79 Å². The van der Waals surface area contributed by atoms with Crippen molar-refractivity contribution in [3.63, 3.8) is 0 Å². The lowest BCUT2D eigenvalue weighted by Crippen LogP contribution is -2.21. The first-order valence-electron chi connectivity index (χ1n) is 7.02. The van der Waals surface area contributed by atoms with Gasteiger partial charge in [-0.2, -0.15) is 4.74 Å². The molecule has 0 unspecified atom stereocenters. The molecule has 8 nitrogen and oxygen atoms in total. The minimum Gasteiger partial charge on any atom is -0.478 e. The molecule has 0 saturated heterocycles. The van der Waals surface area contributed by atoms with Gasteiger partial charge in [0.1, 0.15) is 5.76 Å². The fourth-order valence-corrected chi connectivity index (χ4v) is 1.98. The van der Waals surface area contributed by atoms with Crippen LogP contribution in [0.4, 0.5) is 0 Å². The lowest BCUT2D eigenvalue weighted by atomic mass is 10.2. The normalized spacial score (nSPS) is 13.9. The van der Waals surface area contributed by atoms with E-state index in [1.807, 2.05) is 6.92 Å². The molecule has 1 aromatic rings. The van der Waals surface area contributed by atoms with E-state index in [-0.39, 0.29) is 5.56 Å². The van der Waals surface area contributed by atoms with Gasteiger partial charge < -0.3 is 20.1 Å². The molecule has 1 aliphatic rings. The van der Waals surface area contributed by atoms with Crippen LogP contribution in [0.5, 0.6) is 0 Å². The molecule has 0 amide bonds. The summed E-state index contributed by atoms with van der Waals surface area (Å²) in [6.45, 7) is 4.53. The zero-order chi connectivity index (χ0) is 16.5. The highest BCUT2D eigenvalue weighted by molar-refractivity contribution is 5.89. The Balaban J connectivity index is 0.000000261. The second-order valence-electron chi connectivity index (χ2n) is 4.66. The van der Waals surface area contributed by atoms with Gasteiger partial charge in [-0.05, 0) is 19.4 Å². The summed E-state index contributed by atoms with van der Waals surface area (Å²) in [6, 6.07) is 0. The minimum absolute atomic E-state index is 0.0746. The number of aliphatic carboxylic acids is 2. The summed E-state index contributed by atoms with van der Waals surface area (Å²) in [5.41, 5.74) is 0.953. The van der Waals surface area contributed by atoms with Crippen LogP contribution in [0, 0.1) is 0 Å². The molecular weight excluding hydrogens is 292 g/mol. The highest BCUT2D eigenvalue weighted by Gasteiger charge is 2.17. The van der Waals surface area contributed by atoms with Crippen molar-refractivity contribution in [2.45, 2.75) is 32.7 Å². The molecule has 1 aliphatic heterocycles. The Hall–Kier alpha value is -2.35. The number of aromatic nitrogens is 1. The van der Waals surface area contributed by atoms with Crippen LogP contribution in [0.1, 0.15) is 24.7 Å². The Morgan fingerprint density at radius 3 is 2.36 bits per heavy atom. The quantitative estimate of drug-likeness (QED) is 0.681. The number of rotatable bonds is 4. The van der Waals surface area contributed by atoms with E-state index in [0.717, 1.165) is 43.7 Å². The van der Waals surface area contributed by atoms with Crippen LogP contribution >= 0.6 is 0 Å². The van der Waals surface area contributed by atoms with Gasteiger partial charge >= 0.3 is 11.9 Å². The molecule has 22 heavy (non-hydrogen) atoms. The van der Waals surface area contributed by atoms with Crippen molar-refractivity contribution in [1.82, 2.24) is 10.1 Å². The van der Waals surface area contributed by atoms with Gasteiger partial charge in [0.25, 0.3) is 5.56 Å². The van der Waals surface area contributed by atoms with Crippen LogP contribution in [0.15, 0.2) is 21.5 Å². The van der Waals surface area contributed by atoms with Crippen molar-refractivity contribution in [2.75, 3.05) is 13.1 Å². The number of hydrogen-bond acceptors (Lipinski definition) is 5. The number of carbonyl (C=O) groups is 2. The fraction of sp³-hybridized carbons (Fsp3) is 0.500. The lowest BCUT2D eigenvalue weighted by molar-refractivity contribution is -0.134. The number of hydrogen-bond donors (Lipinski definition) is 3. The maximum Gasteiger partial charge on any atom is 0.328 e. The predicted octanol–water partition coefficient (Wildman–Crippen LogP) is 0.251. The summed E-state index contributed by atoms with van der Waals surface area (Å²) in [4.78, 5) is 30.9. The Morgan fingerprint density at radius 1 is 1.23 bits per heavy atom. The highest BCUT2D eigenvalue weighted by Crippen LogP contribution is 2.09. The molecule has 0 radical (unpaired) electrons. The molecule has 0 atom stereocenters. The Labute approximate surface area is 127 Å². The maximum atomic E-state index is 11.8. The zero-order valence-electron chi connectivity index (χ0n) is 12.4. The second-order valence-corrected chi connectivity index (χ2v) is 4.66. The first kappa shape index (κ1) is 17.7. The van der Waals surface area contributed by atoms with E-state index >= 15 is 0 Å². The van der Waals surface area contributed by atoms with Gasteiger partial charge in [-0.1, -0.05) is 6.92 Å². The molecule has 3 N–H and O–H groups in total. The van der Waals surface area contributed by atoms with Crippen LogP contribution in [0.2, 0.25) is 0 Å². The van der Waals surface area contributed by atoms with Gasteiger partial charge in [-0.15, -0.1) is 0 Å². The molecule has 0 fully saturated rings. The van der Waals surface area contributed by atoms with E-state index < -0.39 is 11.9 Å². The van der Waals surface area contributed by atoms with E-state index in [1.165, 1.54) is 4.74 Å². The van der Waals surface area contributed by atoms with Crippen molar-refractivity contribution >= 4 is 11.9 Å². The summed E-state index contributed by atoms with van der Waals surface area (Å²) in [6.07, 6.45) is 3.69. The van der Waals surface area contributed by atoms with E-state index in [0.29, 0.717) is 18.7 Å². The predicted molar refractivity (Wildman–Crippen MR) is 77.9 cm³/mol. The van der Waals surface area contributed by atoms with Crippen LogP contribution in [0.25, 0.3) is 0 Å². The molecule has 122 valence electrons. The SMILES string of the molecule is CCCn1oc2c(c1=O)CCNCC2.O=C(O)/C=C/C(=O)O. The molecule has 1 aromatic heterocycles. The molecule has 2 rings (SSSR count). The highest BCUT2D eigenvalue weighted by atomic mass is 16.5. The number of carboxylic acids is 2. The average molecular weight is 312 g/mol. The fourth-order valence-electron chi connectivity index (χ4n) is 1.98. The van der Waals surface area contributed by atoms with Gasteiger partial charge in [0, 0.05) is 25.1 Å². The summed E-state index contributed by atoms with van der Waals surface area (Å²) in [5, 5.41) is 18.9. The second kappa shape index (κ2) is 8.83. The summed E-state index contributed by atoms with van der Waals surface area (Å²) in [7, 11) is 0. The van der Waals surface area contributed by atoms with Gasteiger partial charge in [0.15, 0.2) is 0 Å². The molecular formula is C14H20N2O6. The van der Waals surface area contributed by atoms with Crippen molar-refractivity contribution in [2.24, 2.45) is 0 Å². The molecule has 0 aromatic carbocycles. The standard InChI is InChI=1S/C10H16N2O2.C4H4O4/c1-2-7-12-10(13)8-3-5-11-6-4-9(8)14-12;5-3(6)1-2-4(7)8/h11H,2-7H2,1H3;1-2H,(H,5,6)(H,7,8)/b;2-1+. The third kappa shape index (κ3) is 5.57. The van der Waals surface area contributed by atoms with Crippen LogP contribution in [-0.4, -0.2) is 40.0 Å². The van der Waals surface area contributed by atoms with Crippen molar-refractivity contribution in [3.05, 3.63) is 33.8 Å². The Morgan fingerprint density at radius 2 is 1.82 bits per heavy atom. The van der Waals surface area contributed by atoms with Gasteiger partial charge in [0.2, 0.25) is 0 Å². The monoisotopic (exact) mass is 312 g/mol. The third-order valence-electron chi connectivity index (χ3n) is 2.92. The maximum absolute atomic E-state index is 11.8. The minimum atomic E-state index is -1.26. The number of nitrogens with zero attached hydrogens (tertiary/aromatic N) is 1. The molecule has 2 heterocycles. The van der Waals surface area contributed by atoms with Gasteiger partial charge in [0.05, 0.1) is 12.1 Å². The van der Waals surface area contributed by atoms with E-state index in [4.69, 9.17) is 14.7 Å². The number of nitrogens with one attached hydrogen (secondary N) is 1. The topological polar surface area (TPSA) is 122 Å². The van der Waals surface area contributed by atoms with Gasteiger partial charge in [-0.25, -0.2) is 9.59 Å². The first-order valence-corrected chi connectivity index (χ1v) is 7.02. The third-order valence-corrected chi connectivity index (χ3v) is 2.92. The first-order chi connectivity index (χ1) is 10.5. The largest absolute Gasteiger partial charge is 0.478 e. The average Bonchev–Trinajstić information content (AvgIpc) is 2.65. The zero-order valence-corrected chi connectivity index (χ0v) is 12.4.